The molecule has 9 aromatic rings. The lowest BCUT2D eigenvalue weighted by molar-refractivity contribution is 1.23. The number of hydrogen-bond acceptors (Lipinski definition) is 2. The molecule has 8 aromatic carbocycles. The van der Waals surface area contributed by atoms with E-state index in [1.54, 1.807) is 0 Å². The van der Waals surface area contributed by atoms with Crippen LogP contribution < -0.4 is 4.90 Å². The largest absolute Gasteiger partial charge is 0.309 e. The molecule has 0 bridgehead atoms. The SMILES string of the molecule is c1ccc(-c2cc(-c3ccccc3)c3c4ccccc4c4cc(N(c5ccccc5)c5cccnc5)ccc4c3c2-c2ccccc2)cc1. The molecule has 0 atom stereocenters. The highest BCUT2D eigenvalue weighted by Gasteiger charge is 2.22. The smallest absolute Gasteiger partial charge is 0.0644 e. The van der Waals surface area contributed by atoms with Gasteiger partial charge < -0.3 is 4.90 Å². The van der Waals surface area contributed by atoms with Crippen LogP contribution in [0.15, 0.2) is 194 Å². The second kappa shape index (κ2) is 12.3. The minimum atomic E-state index is 1.01. The molecule has 0 N–H and O–H groups in total. The fraction of sp³-hybridized carbons (Fsp3) is 0. The topological polar surface area (TPSA) is 16.1 Å². The van der Waals surface area contributed by atoms with Crippen LogP contribution in [0.4, 0.5) is 17.1 Å². The van der Waals surface area contributed by atoms with E-state index >= 15 is 0 Å². The lowest BCUT2D eigenvalue weighted by atomic mass is 9.81. The summed E-state index contributed by atoms with van der Waals surface area (Å²) in [5, 5.41) is 7.45. The van der Waals surface area contributed by atoms with Crippen molar-refractivity contribution in [2.24, 2.45) is 0 Å². The van der Waals surface area contributed by atoms with E-state index < -0.39 is 0 Å². The highest BCUT2D eigenvalue weighted by molar-refractivity contribution is 6.33. The number of fused-ring (bicyclic) bond motifs is 6. The van der Waals surface area contributed by atoms with Crippen molar-refractivity contribution in [1.29, 1.82) is 0 Å². The fourth-order valence-electron chi connectivity index (χ4n) is 7.39. The molecule has 1 aromatic heterocycles. The number of benzene rings is 8. The van der Waals surface area contributed by atoms with Crippen LogP contribution in [0.25, 0.3) is 65.7 Å². The summed E-state index contributed by atoms with van der Waals surface area (Å²) < 4.78 is 0. The van der Waals surface area contributed by atoms with Gasteiger partial charge in [-0.3, -0.25) is 4.98 Å². The summed E-state index contributed by atoms with van der Waals surface area (Å²) >= 11 is 0. The Balaban J connectivity index is 1.47. The minimum Gasteiger partial charge on any atom is -0.309 e. The highest BCUT2D eigenvalue weighted by atomic mass is 15.1. The van der Waals surface area contributed by atoms with Gasteiger partial charge in [-0.15, -0.1) is 0 Å². The number of para-hydroxylation sites is 1. The van der Waals surface area contributed by atoms with Gasteiger partial charge in [-0.2, -0.15) is 0 Å². The Morgan fingerprint density at radius 3 is 1.55 bits per heavy atom. The van der Waals surface area contributed by atoms with E-state index in [1.165, 1.54) is 65.7 Å². The molecule has 0 saturated carbocycles. The van der Waals surface area contributed by atoms with Crippen LogP contribution in [-0.2, 0) is 0 Å². The second-order valence-electron chi connectivity index (χ2n) is 12.4. The average Bonchev–Trinajstić information content (AvgIpc) is 3.19. The second-order valence-corrected chi connectivity index (χ2v) is 12.4. The zero-order valence-corrected chi connectivity index (χ0v) is 26.9. The molecule has 49 heavy (non-hydrogen) atoms. The first-order valence-corrected chi connectivity index (χ1v) is 16.7. The average molecular weight is 625 g/mol. The van der Waals surface area contributed by atoms with Gasteiger partial charge in [0.15, 0.2) is 0 Å². The molecule has 2 nitrogen and oxygen atoms in total. The van der Waals surface area contributed by atoms with E-state index in [0.717, 1.165) is 17.1 Å². The number of hydrogen-bond donors (Lipinski definition) is 0. The molecule has 230 valence electrons. The Morgan fingerprint density at radius 1 is 0.347 bits per heavy atom. The molecular formula is C47H32N2. The zero-order valence-electron chi connectivity index (χ0n) is 26.9. The molecular weight excluding hydrogens is 593 g/mol. The summed E-state index contributed by atoms with van der Waals surface area (Å²) in [6.07, 6.45) is 3.76. The zero-order chi connectivity index (χ0) is 32.6. The lowest BCUT2D eigenvalue weighted by Crippen LogP contribution is -2.10. The first-order valence-electron chi connectivity index (χ1n) is 16.7. The highest BCUT2D eigenvalue weighted by Crippen LogP contribution is 2.50. The Morgan fingerprint density at radius 2 is 0.898 bits per heavy atom. The molecule has 1 heterocycles. The summed E-state index contributed by atoms with van der Waals surface area (Å²) in [4.78, 5) is 6.78. The van der Waals surface area contributed by atoms with Crippen LogP contribution in [0.5, 0.6) is 0 Å². The molecule has 0 aliphatic carbocycles. The molecule has 0 radical (unpaired) electrons. The van der Waals surface area contributed by atoms with Crippen LogP contribution in [0.1, 0.15) is 0 Å². The van der Waals surface area contributed by atoms with Crippen molar-refractivity contribution in [2.45, 2.75) is 0 Å². The van der Waals surface area contributed by atoms with Gasteiger partial charge in [0.05, 0.1) is 11.9 Å². The van der Waals surface area contributed by atoms with E-state index in [4.69, 9.17) is 0 Å². The van der Waals surface area contributed by atoms with Crippen molar-refractivity contribution in [2.75, 3.05) is 4.90 Å². The van der Waals surface area contributed by atoms with Gasteiger partial charge in [0.25, 0.3) is 0 Å². The van der Waals surface area contributed by atoms with Gasteiger partial charge in [-0.1, -0.05) is 140 Å². The van der Waals surface area contributed by atoms with Crippen LogP contribution >= 0.6 is 0 Å². The molecule has 0 spiro atoms. The van der Waals surface area contributed by atoms with E-state index in [1.807, 2.05) is 18.5 Å². The van der Waals surface area contributed by atoms with Gasteiger partial charge >= 0.3 is 0 Å². The monoisotopic (exact) mass is 624 g/mol. The van der Waals surface area contributed by atoms with Crippen LogP contribution in [0.2, 0.25) is 0 Å². The first-order chi connectivity index (χ1) is 24.3. The van der Waals surface area contributed by atoms with Gasteiger partial charge in [0.2, 0.25) is 0 Å². The maximum absolute atomic E-state index is 4.49. The number of aromatic nitrogens is 1. The number of nitrogens with zero attached hydrogens (tertiary/aromatic N) is 2. The molecule has 0 fully saturated rings. The number of anilines is 3. The molecule has 2 heteroatoms. The third-order valence-corrected chi connectivity index (χ3v) is 9.50. The Kier molecular flexibility index (Phi) is 7.18. The minimum absolute atomic E-state index is 1.01. The summed E-state index contributed by atoms with van der Waals surface area (Å²) in [5.41, 5.74) is 10.5. The van der Waals surface area contributed by atoms with Gasteiger partial charge in [0, 0.05) is 17.6 Å². The van der Waals surface area contributed by atoms with E-state index in [9.17, 15) is 0 Å². The van der Waals surface area contributed by atoms with Crippen LogP contribution in [0.3, 0.4) is 0 Å². The Hall–Kier alpha value is -6.51. The molecule has 9 rings (SSSR count). The van der Waals surface area contributed by atoms with Crippen molar-refractivity contribution < 1.29 is 0 Å². The van der Waals surface area contributed by atoms with Crippen molar-refractivity contribution >= 4 is 49.4 Å². The Labute approximate surface area is 286 Å². The predicted molar refractivity (Wildman–Crippen MR) is 208 cm³/mol. The van der Waals surface area contributed by atoms with Gasteiger partial charge in [0.1, 0.15) is 0 Å². The summed E-state index contributed by atoms with van der Waals surface area (Å²) in [6.45, 7) is 0. The quantitative estimate of drug-likeness (QED) is 0.171. The summed E-state index contributed by atoms with van der Waals surface area (Å²) in [7, 11) is 0. The van der Waals surface area contributed by atoms with E-state index in [-0.39, 0.29) is 0 Å². The Bertz CT molecular complexity index is 2530. The van der Waals surface area contributed by atoms with Crippen molar-refractivity contribution in [1.82, 2.24) is 4.98 Å². The predicted octanol–water partition coefficient (Wildman–Crippen LogP) is 13.0. The van der Waals surface area contributed by atoms with Crippen LogP contribution in [0, 0.1) is 0 Å². The first kappa shape index (κ1) is 28.7. The molecule has 0 saturated heterocycles. The van der Waals surface area contributed by atoms with Gasteiger partial charge in [-0.05, 0) is 108 Å². The van der Waals surface area contributed by atoms with Crippen molar-refractivity contribution in [3.63, 3.8) is 0 Å². The standard InChI is InChI=1S/C47H32N2/c1-5-16-33(17-6-1)42-31-43(34-18-7-2-8-19-34)46-40-26-14-13-25-39(40)44-30-37(27-28-41(44)47(46)45(42)35-20-9-3-10-21-35)49(36-22-11-4-12-23-36)38-24-15-29-48-32-38/h1-32H. The third kappa shape index (κ3) is 5.02. The van der Waals surface area contributed by atoms with Crippen LogP contribution in [-0.4, -0.2) is 4.98 Å². The molecule has 0 unspecified atom stereocenters. The normalized spacial score (nSPS) is 11.3. The summed E-state index contributed by atoms with van der Waals surface area (Å²) in [5.74, 6) is 0. The lowest BCUT2D eigenvalue weighted by Gasteiger charge is -2.26. The molecule has 0 aliphatic rings. The van der Waals surface area contributed by atoms with Crippen molar-refractivity contribution in [3.8, 4) is 33.4 Å². The maximum atomic E-state index is 4.49. The number of rotatable bonds is 6. The van der Waals surface area contributed by atoms with Crippen molar-refractivity contribution in [3.05, 3.63) is 194 Å². The summed E-state index contributed by atoms with van der Waals surface area (Å²) in [6, 6.07) is 65.5. The van der Waals surface area contributed by atoms with Gasteiger partial charge in [-0.25, -0.2) is 0 Å². The fourth-order valence-corrected chi connectivity index (χ4v) is 7.39. The molecule has 0 amide bonds. The molecule has 0 aliphatic heterocycles. The third-order valence-electron chi connectivity index (χ3n) is 9.50. The maximum Gasteiger partial charge on any atom is 0.0644 e. The van der Waals surface area contributed by atoms with E-state index in [2.05, 4.69) is 186 Å². The van der Waals surface area contributed by atoms with E-state index in [0.29, 0.717) is 0 Å². The number of pyridine rings is 1.